The summed E-state index contributed by atoms with van der Waals surface area (Å²) in [6, 6.07) is 17.6. The van der Waals surface area contributed by atoms with Crippen LogP contribution in [0, 0.1) is 19.8 Å². The Morgan fingerprint density at radius 1 is 1.00 bits per heavy atom. The number of aryl methyl sites for hydroxylation is 2. The predicted molar refractivity (Wildman–Crippen MR) is 180 cm³/mol. The molecule has 0 unspecified atom stereocenters. The number of likely N-dealkylation sites (N-methyl/N-ethyl adjacent to an activating group) is 1. The Morgan fingerprint density at radius 2 is 1.79 bits per heavy atom. The van der Waals surface area contributed by atoms with Gasteiger partial charge >= 0.3 is 0 Å². The highest BCUT2D eigenvalue weighted by Gasteiger charge is 2.34. The second-order valence-corrected chi connectivity index (χ2v) is 13.0. The molecule has 1 saturated heterocycles. The fourth-order valence-electron chi connectivity index (χ4n) is 5.88. The van der Waals surface area contributed by atoms with Gasteiger partial charge in [0, 0.05) is 37.3 Å². The standard InChI is InChI=1S/C37H41N5O6/c1-22(2)20-46-29-14-27-15-30(17-29)48-28-8-6-7-25(13-28)21-47-34-18-42(12-11-32(34)40-35(43)19-41(5)36(27)44)37(45)26-9-10-31-33(16-26)39-24(4)23(3)38-31/h6-10,13-17,22,32,34H,11-12,18-21H2,1-5H3,(H,40,43)/t32-,34-/m0/s1. The summed E-state index contributed by atoms with van der Waals surface area (Å²) in [5, 5.41) is 3.08. The molecule has 2 aliphatic heterocycles. The van der Waals surface area contributed by atoms with E-state index in [1.807, 2.05) is 58.0 Å². The van der Waals surface area contributed by atoms with Gasteiger partial charge in [-0.3, -0.25) is 14.4 Å². The Balaban J connectivity index is 1.25. The molecule has 1 aromatic heterocycles. The summed E-state index contributed by atoms with van der Waals surface area (Å²) in [4.78, 5) is 52.9. The molecule has 0 radical (unpaired) electrons. The van der Waals surface area contributed by atoms with Crippen LogP contribution >= 0.6 is 0 Å². The molecule has 4 bridgehead atoms. The lowest BCUT2D eigenvalue weighted by Gasteiger charge is -2.39. The van der Waals surface area contributed by atoms with Crippen molar-refractivity contribution in [3.8, 4) is 17.2 Å². The molecule has 11 nitrogen and oxygen atoms in total. The van der Waals surface area contributed by atoms with E-state index in [4.69, 9.17) is 14.2 Å². The van der Waals surface area contributed by atoms with Crippen molar-refractivity contribution in [1.29, 1.82) is 0 Å². The number of carbonyl (C=O) groups is 3. The molecule has 0 spiro atoms. The number of rotatable bonds is 4. The normalized spacial score (nSPS) is 18.7. The largest absolute Gasteiger partial charge is 0.493 e. The Kier molecular flexibility index (Phi) is 9.58. The molecular weight excluding hydrogens is 610 g/mol. The third-order valence-electron chi connectivity index (χ3n) is 8.55. The molecule has 0 saturated carbocycles. The van der Waals surface area contributed by atoms with E-state index in [1.54, 1.807) is 42.3 Å². The van der Waals surface area contributed by atoms with Gasteiger partial charge in [-0.05, 0) is 74.2 Å². The minimum Gasteiger partial charge on any atom is -0.493 e. The predicted octanol–water partition coefficient (Wildman–Crippen LogP) is 5.08. The van der Waals surface area contributed by atoms with Gasteiger partial charge < -0.3 is 29.3 Å². The van der Waals surface area contributed by atoms with Gasteiger partial charge in [0.05, 0.1) is 54.3 Å². The van der Waals surface area contributed by atoms with Crippen molar-refractivity contribution in [3.63, 3.8) is 0 Å². The highest BCUT2D eigenvalue weighted by Crippen LogP contribution is 2.30. The summed E-state index contributed by atoms with van der Waals surface area (Å²) in [6.07, 6.45) is -0.0172. The van der Waals surface area contributed by atoms with E-state index >= 15 is 0 Å². The zero-order valence-corrected chi connectivity index (χ0v) is 28.0. The molecule has 1 N–H and O–H groups in total. The Hall–Kier alpha value is -5.03. The lowest BCUT2D eigenvalue weighted by molar-refractivity contribution is -0.124. The number of nitrogens with zero attached hydrogens (tertiary/aromatic N) is 4. The molecule has 3 aromatic carbocycles. The monoisotopic (exact) mass is 651 g/mol. The number of piperidine rings is 1. The van der Waals surface area contributed by atoms with Gasteiger partial charge in [0.15, 0.2) is 0 Å². The lowest BCUT2D eigenvalue weighted by atomic mass is 10.00. The van der Waals surface area contributed by atoms with Crippen LogP contribution in [0.2, 0.25) is 0 Å². The molecule has 48 heavy (non-hydrogen) atoms. The third-order valence-corrected chi connectivity index (χ3v) is 8.55. The van der Waals surface area contributed by atoms with Crippen molar-refractivity contribution in [3.05, 3.63) is 88.7 Å². The van der Waals surface area contributed by atoms with E-state index in [0.717, 1.165) is 22.5 Å². The zero-order chi connectivity index (χ0) is 33.9. The highest BCUT2D eigenvalue weighted by molar-refractivity contribution is 5.98. The van der Waals surface area contributed by atoms with Gasteiger partial charge in [-0.15, -0.1) is 0 Å². The molecule has 3 amide bonds. The van der Waals surface area contributed by atoms with Crippen molar-refractivity contribution < 1.29 is 28.6 Å². The van der Waals surface area contributed by atoms with Crippen molar-refractivity contribution in [2.75, 3.05) is 33.3 Å². The zero-order valence-electron chi connectivity index (χ0n) is 28.0. The van der Waals surface area contributed by atoms with E-state index in [9.17, 15) is 14.4 Å². The Labute approximate surface area is 280 Å². The first-order valence-electron chi connectivity index (χ1n) is 16.3. The van der Waals surface area contributed by atoms with Crippen LogP contribution in [0.1, 0.15) is 57.9 Å². The second-order valence-electron chi connectivity index (χ2n) is 13.0. The summed E-state index contributed by atoms with van der Waals surface area (Å²) in [5.74, 6) is 1.01. The second kappa shape index (κ2) is 14.0. The number of likely N-dealkylation sites (tertiary alicyclic amines) is 1. The van der Waals surface area contributed by atoms with Crippen LogP contribution in [0.25, 0.3) is 11.0 Å². The van der Waals surface area contributed by atoms with E-state index in [1.165, 1.54) is 4.90 Å². The van der Waals surface area contributed by atoms with E-state index in [-0.39, 0.29) is 43.5 Å². The van der Waals surface area contributed by atoms with Crippen molar-refractivity contribution in [2.24, 2.45) is 5.92 Å². The maximum atomic E-state index is 13.7. The van der Waals surface area contributed by atoms with Gasteiger partial charge in [-0.1, -0.05) is 26.0 Å². The molecule has 3 heterocycles. The van der Waals surface area contributed by atoms with E-state index < -0.39 is 6.10 Å². The Morgan fingerprint density at radius 3 is 2.58 bits per heavy atom. The summed E-state index contributed by atoms with van der Waals surface area (Å²) in [5.41, 5.74) is 4.79. The molecule has 0 aliphatic carbocycles. The summed E-state index contributed by atoms with van der Waals surface area (Å²) < 4.78 is 18.6. The lowest BCUT2D eigenvalue weighted by Crippen LogP contribution is -2.57. The van der Waals surface area contributed by atoms with Crippen molar-refractivity contribution >= 4 is 28.8 Å². The summed E-state index contributed by atoms with van der Waals surface area (Å²) >= 11 is 0. The first-order valence-corrected chi connectivity index (χ1v) is 16.3. The average molecular weight is 652 g/mol. The van der Waals surface area contributed by atoms with Gasteiger partial charge in [0.2, 0.25) is 5.91 Å². The molecule has 4 aromatic rings. The number of carbonyl (C=O) groups excluding carboxylic acids is 3. The number of fused-ring (bicyclic) bond motifs is 6. The molecule has 2 atom stereocenters. The Bertz CT molecular complexity index is 1860. The number of benzene rings is 3. The summed E-state index contributed by atoms with van der Waals surface area (Å²) in [7, 11) is 1.59. The molecular formula is C37H41N5O6. The number of amides is 3. The van der Waals surface area contributed by atoms with Gasteiger partial charge in [-0.2, -0.15) is 0 Å². The molecule has 2 aliphatic rings. The number of nitrogens with one attached hydrogen (secondary N) is 1. The quantitative estimate of drug-likeness (QED) is 0.324. The molecule has 6 rings (SSSR count). The number of aromatic nitrogens is 2. The molecule has 250 valence electrons. The van der Waals surface area contributed by atoms with Crippen LogP contribution in [0.4, 0.5) is 0 Å². The van der Waals surface area contributed by atoms with Gasteiger partial charge in [0.1, 0.15) is 17.2 Å². The van der Waals surface area contributed by atoms with Gasteiger partial charge in [-0.25, -0.2) is 9.97 Å². The number of hydrogen-bond acceptors (Lipinski definition) is 8. The molecule has 1 fully saturated rings. The van der Waals surface area contributed by atoms with E-state index in [2.05, 4.69) is 15.3 Å². The van der Waals surface area contributed by atoms with Crippen LogP contribution in [-0.2, 0) is 16.1 Å². The highest BCUT2D eigenvalue weighted by atomic mass is 16.5. The maximum absolute atomic E-state index is 13.7. The fraction of sp³-hybridized carbons (Fsp3) is 0.378. The van der Waals surface area contributed by atoms with Crippen molar-refractivity contribution in [1.82, 2.24) is 25.1 Å². The number of hydrogen-bond donors (Lipinski definition) is 1. The third kappa shape index (κ3) is 7.57. The average Bonchev–Trinajstić information content (AvgIpc) is 3.06. The summed E-state index contributed by atoms with van der Waals surface area (Å²) in [6.45, 7) is 9.15. The minimum absolute atomic E-state index is 0.143. The van der Waals surface area contributed by atoms with Crippen LogP contribution < -0.4 is 14.8 Å². The first kappa shape index (κ1) is 32.9. The van der Waals surface area contributed by atoms with Crippen LogP contribution in [0.15, 0.2) is 60.7 Å². The molecule has 11 heteroatoms. The van der Waals surface area contributed by atoms with Gasteiger partial charge in [0.25, 0.3) is 11.8 Å². The fourth-order valence-corrected chi connectivity index (χ4v) is 5.88. The van der Waals surface area contributed by atoms with Crippen LogP contribution in [0.3, 0.4) is 0 Å². The van der Waals surface area contributed by atoms with E-state index in [0.29, 0.717) is 59.4 Å². The van der Waals surface area contributed by atoms with Crippen LogP contribution in [-0.4, -0.2) is 82.9 Å². The first-order chi connectivity index (χ1) is 23.0. The SMILES string of the molecule is Cc1nc2ccc(C(=O)N3CC[C@@H]4NC(=O)CN(C)C(=O)c5cc(OCC(C)C)cc(c5)Oc5cccc(c5)CO[C@H]4C3)cc2nc1C. The number of ether oxygens (including phenoxy) is 3. The maximum Gasteiger partial charge on any atom is 0.254 e. The smallest absolute Gasteiger partial charge is 0.254 e. The van der Waals surface area contributed by atoms with Crippen LogP contribution in [0.5, 0.6) is 17.2 Å². The topological polar surface area (TPSA) is 123 Å². The van der Waals surface area contributed by atoms with Crippen molar-refractivity contribution in [2.45, 2.75) is 52.9 Å². The minimum atomic E-state index is -0.497.